The molecule has 1 aliphatic rings. The van der Waals surface area contributed by atoms with E-state index in [1.807, 2.05) is 6.92 Å². The molecule has 0 aliphatic heterocycles. The van der Waals surface area contributed by atoms with Crippen molar-refractivity contribution in [2.45, 2.75) is 58.5 Å². The van der Waals surface area contributed by atoms with Crippen LogP contribution in [0.2, 0.25) is 0 Å². The molecule has 2 atom stereocenters. The molecular weight excluding hydrogens is 440 g/mol. The number of H-pyrrole nitrogens is 1. The molecule has 0 bridgehead atoms. The fraction of sp³-hybridized carbons (Fsp3) is 0.542. The Hall–Kier alpha value is -3.43. The first kappa shape index (κ1) is 25.2. The number of carbonyl (C=O) groups excluding carboxylic acids is 2. The SMILES string of the molecule is CCC(C)C(NC(=O)C1CCC(CNC(=O)Cn2c(=O)[nH]c3ccccc3c2=O)CC1)C(=O)O. The summed E-state index contributed by atoms with van der Waals surface area (Å²) in [4.78, 5) is 63.8. The summed E-state index contributed by atoms with van der Waals surface area (Å²) in [5.41, 5.74) is -0.728. The van der Waals surface area contributed by atoms with Crippen molar-refractivity contribution < 1.29 is 19.5 Å². The van der Waals surface area contributed by atoms with E-state index in [-0.39, 0.29) is 30.2 Å². The number of para-hydroxylation sites is 1. The lowest BCUT2D eigenvalue weighted by Gasteiger charge is -2.29. The van der Waals surface area contributed by atoms with Gasteiger partial charge in [0.05, 0.1) is 10.9 Å². The zero-order valence-electron chi connectivity index (χ0n) is 19.5. The molecule has 2 amide bonds. The number of nitrogens with zero attached hydrogens (tertiary/aromatic N) is 1. The third-order valence-electron chi connectivity index (χ3n) is 6.77. The Kier molecular flexibility index (Phi) is 8.25. The smallest absolute Gasteiger partial charge is 0.329 e. The van der Waals surface area contributed by atoms with E-state index in [0.29, 0.717) is 36.7 Å². The van der Waals surface area contributed by atoms with Gasteiger partial charge in [0.2, 0.25) is 11.8 Å². The van der Waals surface area contributed by atoms with Crippen LogP contribution in [0.5, 0.6) is 0 Å². The minimum absolute atomic E-state index is 0.157. The van der Waals surface area contributed by atoms with Gasteiger partial charge in [0.25, 0.3) is 5.56 Å². The van der Waals surface area contributed by atoms with Crippen LogP contribution >= 0.6 is 0 Å². The van der Waals surface area contributed by atoms with Gasteiger partial charge < -0.3 is 20.7 Å². The Balaban J connectivity index is 1.49. The van der Waals surface area contributed by atoms with Crippen molar-refractivity contribution in [2.75, 3.05) is 6.54 Å². The van der Waals surface area contributed by atoms with E-state index in [4.69, 9.17) is 0 Å². The first-order valence-electron chi connectivity index (χ1n) is 11.7. The molecule has 10 heteroatoms. The number of carboxylic acid groups (broad SMARTS) is 1. The summed E-state index contributed by atoms with van der Waals surface area (Å²) >= 11 is 0. The minimum atomic E-state index is -1.02. The second kappa shape index (κ2) is 11.1. The molecule has 0 radical (unpaired) electrons. The van der Waals surface area contributed by atoms with Gasteiger partial charge in [-0.15, -0.1) is 0 Å². The molecule has 2 aromatic rings. The third kappa shape index (κ3) is 5.92. The fourth-order valence-corrected chi connectivity index (χ4v) is 4.38. The molecule has 0 saturated heterocycles. The largest absolute Gasteiger partial charge is 0.480 e. The van der Waals surface area contributed by atoms with Crippen molar-refractivity contribution in [3.05, 3.63) is 45.1 Å². The van der Waals surface area contributed by atoms with Crippen LogP contribution in [0.15, 0.2) is 33.9 Å². The van der Waals surface area contributed by atoms with Crippen molar-refractivity contribution in [1.82, 2.24) is 20.2 Å². The van der Waals surface area contributed by atoms with Gasteiger partial charge >= 0.3 is 11.7 Å². The lowest BCUT2D eigenvalue weighted by Crippen LogP contribution is -2.48. The van der Waals surface area contributed by atoms with E-state index in [0.717, 1.165) is 17.4 Å². The summed E-state index contributed by atoms with van der Waals surface area (Å²) in [5, 5.41) is 15.2. The van der Waals surface area contributed by atoms with E-state index in [9.17, 15) is 29.1 Å². The number of benzene rings is 1. The summed E-state index contributed by atoms with van der Waals surface area (Å²) < 4.78 is 0.884. The quantitative estimate of drug-likeness (QED) is 0.431. The number of carbonyl (C=O) groups is 3. The number of aromatic nitrogens is 2. The number of hydrogen-bond acceptors (Lipinski definition) is 5. The first-order valence-corrected chi connectivity index (χ1v) is 11.7. The molecule has 1 aromatic carbocycles. The van der Waals surface area contributed by atoms with Gasteiger partial charge in [-0.25, -0.2) is 9.59 Å². The Bertz CT molecular complexity index is 1160. The van der Waals surface area contributed by atoms with Crippen molar-refractivity contribution in [3.8, 4) is 0 Å². The van der Waals surface area contributed by atoms with Crippen LogP contribution in [0.3, 0.4) is 0 Å². The summed E-state index contributed by atoms with van der Waals surface area (Å²) in [5.74, 6) is -1.92. The highest BCUT2D eigenvalue weighted by Gasteiger charge is 2.31. The Labute approximate surface area is 196 Å². The molecule has 4 N–H and O–H groups in total. The van der Waals surface area contributed by atoms with Crippen molar-refractivity contribution in [3.63, 3.8) is 0 Å². The van der Waals surface area contributed by atoms with Crippen LogP contribution in [-0.2, 0) is 20.9 Å². The number of hydrogen-bond donors (Lipinski definition) is 4. The highest BCUT2D eigenvalue weighted by atomic mass is 16.4. The third-order valence-corrected chi connectivity index (χ3v) is 6.77. The lowest BCUT2D eigenvalue weighted by molar-refractivity contribution is -0.144. The van der Waals surface area contributed by atoms with E-state index in [1.165, 1.54) is 0 Å². The molecule has 1 aliphatic carbocycles. The fourth-order valence-electron chi connectivity index (χ4n) is 4.38. The summed E-state index contributed by atoms with van der Waals surface area (Å²) in [6.45, 7) is 3.71. The van der Waals surface area contributed by atoms with E-state index < -0.39 is 29.2 Å². The summed E-state index contributed by atoms with van der Waals surface area (Å²) in [6.07, 6.45) is 3.32. The molecule has 184 valence electrons. The highest BCUT2D eigenvalue weighted by molar-refractivity contribution is 5.85. The number of carboxylic acids is 1. The van der Waals surface area contributed by atoms with E-state index in [1.54, 1.807) is 31.2 Å². The summed E-state index contributed by atoms with van der Waals surface area (Å²) in [7, 11) is 0. The maximum atomic E-state index is 12.6. The van der Waals surface area contributed by atoms with Gasteiger partial charge in [-0.05, 0) is 49.7 Å². The van der Waals surface area contributed by atoms with E-state index in [2.05, 4.69) is 15.6 Å². The zero-order chi connectivity index (χ0) is 24.8. The summed E-state index contributed by atoms with van der Waals surface area (Å²) in [6, 6.07) is 5.73. The number of nitrogens with one attached hydrogen (secondary N) is 3. The number of rotatable bonds is 9. The van der Waals surface area contributed by atoms with Gasteiger partial charge in [-0.1, -0.05) is 32.4 Å². The average Bonchev–Trinajstić information content (AvgIpc) is 2.83. The topological polar surface area (TPSA) is 150 Å². The Morgan fingerprint density at radius 2 is 1.82 bits per heavy atom. The van der Waals surface area contributed by atoms with E-state index >= 15 is 0 Å². The monoisotopic (exact) mass is 472 g/mol. The van der Waals surface area contributed by atoms with Crippen LogP contribution in [0.4, 0.5) is 0 Å². The van der Waals surface area contributed by atoms with Gasteiger partial charge in [0.1, 0.15) is 12.6 Å². The Morgan fingerprint density at radius 3 is 2.47 bits per heavy atom. The second-order valence-corrected chi connectivity index (χ2v) is 9.10. The van der Waals surface area contributed by atoms with Gasteiger partial charge in [0.15, 0.2) is 0 Å². The molecule has 1 heterocycles. The standard InChI is InChI=1S/C24H32N4O6/c1-3-14(2)20(23(32)33)27-21(30)16-10-8-15(9-11-16)12-25-19(29)13-28-22(31)17-6-4-5-7-18(17)26-24(28)34/h4-7,14-16,20H,3,8-13H2,1-2H3,(H,25,29)(H,26,34)(H,27,30)(H,32,33). The predicted octanol–water partition coefficient (Wildman–Crippen LogP) is 1.23. The average molecular weight is 473 g/mol. The molecule has 0 spiro atoms. The molecule has 1 aromatic heterocycles. The van der Waals surface area contributed by atoms with Crippen molar-refractivity contribution >= 4 is 28.7 Å². The van der Waals surface area contributed by atoms with Gasteiger partial charge in [0, 0.05) is 12.5 Å². The number of aliphatic carboxylic acids is 1. The number of fused-ring (bicyclic) bond motifs is 1. The second-order valence-electron chi connectivity index (χ2n) is 9.10. The van der Waals surface area contributed by atoms with Gasteiger partial charge in [-0.2, -0.15) is 0 Å². The normalized spacial score (nSPS) is 19.8. The maximum Gasteiger partial charge on any atom is 0.329 e. The predicted molar refractivity (Wildman–Crippen MR) is 126 cm³/mol. The number of aromatic amines is 1. The molecule has 2 unspecified atom stereocenters. The highest BCUT2D eigenvalue weighted by Crippen LogP contribution is 2.29. The van der Waals surface area contributed by atoms with Crippen LogP contribution in [-0.4, -0.2) is 45.0 Å². The first-order chi connectivity index (χ1) is 16.2. The van der Waals surface area contributed by atoms with Crippen LogP contribution in [0.1, 0.15) is 46.0 Å². The van der Waals surface area contributed by atoms with Crippen LogP contribution < -0.4 is 21.9 Å². The Morgan fingerprint density at radius 1 is 1.15 bits per heavy atom. The van der Waals surface area contributed by atoms with Crippen LogP contribution in [0.25, 0.3) is 10.9 Å². The number of amides is 2. The van der Waals surface area contributed by atoms with Crippen molar-refractivity contribution in [2.24, 2.45) is 17.8 Å². The van der Waals surface area contributed by atoms with Gasteiger partial charge in [-0.3, -0.25) is 19.0 Å². The molecule has 34 heavy (non-hydrogen) atoms. The molecule has 10 nitrogen and oxygen atoms in total. The minimum Gasteiger partial charge on any atom is -0.480 e. The zero-order valence-corrected chi connectivity index (χ0v) is 19.5. The van der Waals surface area contributed by atoms with Crippen molar-refractivity contribution in [1.29, 1.82) is 0 Å². The molecule has 3 rings (SSSR count). The maximum absolute atomic E-state index is 12.6. The van der Waals surface area contributed by atoms with Crippen LogP contribution in [0, 0.1) is 17.8 Å². The molecule has 1 saturated carbocycles. The molecule has 1 fully saturated rings. The lowest BCUT2D eigenvalue weighted by atomic mass is 9.81. The molecular formula is C24H32N4O6.